The number of benzene rings is 1. The molecule has 0 atom stereocenters. The lowest BCUT2D eigenvalue weighted by molar-refractivity contribution is 0.484. The summed E-state index contributed by atoms with van der Waals surface area (Å²) >= 11 is 4.31. The van der Waals surface area contributed by atoms with Gasteiger partial charge in [-0.05, 0) is 18.2 Å². The Labute approximate surface area is 178 Å². The average Bonchev–Trinajstić information content (AvgIpc) is 3.11. The Balaban J connectivity index is 1.55. The topological polar surface area (TPSA) is 92.0 Å². The van der Waals surface area contributed by atoms with Crippen molar-refractivity contribution in [3.63, 3.8) is 0 Å². The summed E-state index contributed by atoms with van der Waals surface area (Å²) in [4.78, 5) is 17.2. The van der Waals surface area contributed by atoms with Crippen LogP contribution in [0.2, 0.25) is 0 Å². The van der Waals surface area contributed by atoms with Gasteiger partial charge in [0, 0.05) is 55.8 Å². The van der Waals surface area contributed by atoms with Crippen molar-refractivity contribution in [2.24, 2.45) is 0 Å². The summed E-state index contributed by atoms with van der Waals surface area (Å²) in [6, 6.07) is 9.28. The normalized spacial score (nSPS) is 10.9. The van der Waals surface area contributed by atoms with Crippen LogP contribution in [0.4, 0.5) is 27.7 Å². The molecule has 0 bridgehead atoms. The number of fused-ring (bicyclic) bond motifs is 1. The van der Waals surface area contributed by atoms with Crippen LogP contribution in [0.15, 0.2) is 47.1 Å². The smallest absolute Gasteiger partial charge is 0.229 e. The van der Waals surface area contributed by atoms with Crippen LogP contribution in [0.3, 0.4) is 0 Å². The highest BCUT2D eigenvalue weighted by atomic mass is 32.1. The number of nitrogens with zero attached hydrogens (tertiary/aromatic N) is 5. The third kappa shape index (κ3) is 4.28. The van der Waals surface area contributed by atoms with E-state index in [-0.39, 0.29) is 0 Å². The van der Waals surface area contributed by atoms with Gasteiger partial charge in [0.15, 0.2) is 11.5 Å². The molecule has 10 heteroatoms. The van der Waals surface area contributed by atoms with Crippen molar-refractivity contribution in [2.75, 3.05) is 22.0 Å². The molecule has 0 aliphatic rings. The lowest BCUT2D eigenvalue weighted by Crippen LogP contribution is -2.12. The van der Waals surface area contributed by atoms with E-state index >= 15 is 0 Å². The Morgan fingerprint density at radius 2 is 2.03 bits per heavy atom. The first-order chi connectivity index (χ1) is 14.5. The molecule has 0 aliphatic carbocycles. The van der Waals surface area contributed by atoms with Crippen LogP contribution in [0, 0.1) is 6.92 Å². The number of pyridine rings is 1. The molecule has 0 amide bonds. The number of hydrogen-bond acceptors (Lipinski definition) is 9. The third-order valence-electron chi connectivity index (χ3n) is 4.38. The molecule has 154 valence electrons. The van der Waals surface area contributed by atoms with E-state index in [9.17, 15) is 4.39 Å². The highest BCUT2D eigenvalue weighted by Crippen LogP contribution is 2.24. The van der Waals surface area contributed by atoms with Crippen LogP contribution in [0.1, 0.15) is 17.0 Å². The molecule has 2 N–H and O–H groups in total. The molecular weight excluding hydrogens is 405 g/mol. The fraction of sp³-hybridized carbons (Fsp3) is 0.200. The summed E-state index contributed by atoms with van der Waals surface area (Å²) in [5.74, 6) is 2.04. The molecule has 4 aromatic rings. The van der Waals surface area contributed by atoms with Gasteiger partial charge in [0.1, 0.15) is 23.8 Å². The highest BCUT2D eigenvalue weighted by Gasteiger charge is 2.11. The van der Waals surface area contributed by atoms with Crippen LogP contribution >= 0.6 is 12.8 Å². The van der Waals surface area contributed by atoms with Crippen molar-refractivity contribution in [3.8, 4) is 0 Å². The number of thiol groups is 1. The summed E-state index contributed by atoms with van der Waals surface area (Å²) in [7, 11) is 1.79. The van der Waals surface area contributed by atoms with Gasteiger partial charge in [0.05, 0.1) is 0 Å². The van der Waals surface area contributed by atoms with Crippen molar-refractivity contribution >= 4 is 47.2 Å². The predicted octanol–water partition coefficient (Wildman–Crippen LogP) is 4.43. The molecule has 0 saturated heterocycles. The molecule has 0 saturated carbocycles. The van der Waals surface area contributed by atoms with Gasteiger partial charge in [-0.15, -0.1) is 0 Å². The summed E-state index contributed by atoms with van der Waals surface area (Å²) in [6.45, 7) is 1.52. The van der Waals surface area contributed by atoms with E-state index in [1.165, 1.54) is 6.20 Å². The Morgan fingerprint density at radius 3 is 2.83 bits per heavy atom. The van der Waals surface area contributed by atoms with Gasteiger partial charge in [-0.25, -0.2) is 19.3 Å². The van der Waals surface area contributed by atoms with Crippen LogP contribution in [-0.2, 0) is 13.2 Å². The number of oxazole rings is 1. The van der Waals surface area contributed by atoms with Crippen molar-refractivity contribution in [1.29, 1.82) is 0 Å². The number of aryl methyl sites for hydroxylation is 1. The number of nitrogens with one attached hydrogen (secondary N) is 2. The Hall–Kier alpha value is -3.40. The monoisotopic (exact) mass is 425 g/mol. The second-order valence-corrected chi connectivity index (χ2v) is 7.20. The van der Waals surface area contributed by atoms with Gasteiger partial charge in [0.25, 0.3) is 0 Å². The highest BCUT2D eigenvalue weighted by molar-refractivity contribution is 7.81. The number of halogens is 1. The summed E-state index contributed by atoms with van der Waals surface area (Å²) in [5.41, 5.74) is 3.45. The number of alkyl halides is 1. The first-order valence-corrected chi connectivity index (χ1v) is 9.60. The van der Waals surface area contributed by atoms with Crippen molar-refractivity contribution < 1.29 is 8.81 Å². The van der Waals surface area contributed by atoms with Crippen molar-refractivity contribution in [2.45, 2.75) is 20.1 Å². The molecule has 4 rings (SSSR count). The third-order valence-corrected chi connectivity index (χ3v) is 4.57. The molecule has 3 heterocycles. The fourth-order valence-electron chi connectivity index (χ4n) is 3.00. The van der Waals surface area contributed by atoms with Gasteiger partial charge in [-0.3, -0.25) is 0 Å². The molecule has 30 heavy (non-hydrogen) atoms. The molecule has 0 spiro atoms. The standard InChI is InChI=1S/C20H20FN7OS/c1-12-25-16-6-5-15(8-17(16)29-12)26-20-24-11-14(9-21)18(27-20)23-10-13-4-3-7-22-19(13)28(2)30/h3-8,11,30H,9-10H2,1-2H3,(H2,23,24,26,27). The van der Waals surface area contributed by atoms with E-state index < -0.39 is 6.67 Å². The van der Waals surface area contributed by atoms with Crippen molar-refractivity contribution in [1.82, 2.24) is 19.9 Å². The molecule has 0 aliphatic heterocycles. The number of anilines is 4. The zero-order chi connectivity index (χ0) is 21.1. The van der Waals surface area contributed by atoms with Gasteiger partial charge < -0.3 is 19.4 Å². The summed E-state index contributed by atoms with van der Waals surface area (Å²) in [5, 5.41) is 6.29. The minimum Gasteiger partial charge on any atom is -0.441 e. The van der Waals surface area contributed by atoms with Gasteiger partial charge >= 0.3 is 0 Å². The number of aromatic nitrogens is 4. The fourth-order valence-corrected chi connectivity index (χ4v) is 3.18. The molecule has 0 unspecified atom stereocenters. The average molecular weight is 425 g/mol. The molecule has 1 aromatic carbocycles. The van der Waals surface area contributed by atoms with Crippen LogP contribution in [-0.4, -0.2) is 27.0 Å². The second-order valence-electron chi connectivity index (χ2n) is 6.60. The van der Waals surface area contributed by atoms with E-state index in [2.05, 4.69) is 43.4 Å². The SMILES string of the molecule is Cc1nc2ccc(Nc3ncc(CF)c(NCc4cccnc4N(C)S)n3)cc2o1. The van der Waals surface area contributed by atoms with E-state index in [0.29, 0.717) is 41.2 Å². The molecule has 0 radical (unpaired) electrons. The first-order valence-electron chi connectivity index (χ1n) is 9.20. The summed E-state index contributed by atoms with van der Waals surface area (Å²) < 4.78 is 20.6. The number of hydrogen-bond donors (Lipinski definition) is 3. The molecule has 8 nitrogen and oxygen atoms in total. The second kappa shape index (κ2) is 8.54. The molecule has 0 fully saturated rings. The minimum atomic E-state index is -0.682. The lowest BCUT2D eigenvalue weighted by Gasteiger charge is -2.16. The quantitative estimate of drug-likeness (QED) is 0.375. The maximum absolute atomic E-state index is 13.5. The first kappa shape index (κ1) is 19.9. The zero-order valence-corrected chi connectivity index (χ0v) is 17.3. The number of rotatable bonds is 7. The van der Waals surface area contributed by atoms with Gasteiger partial charge in [-0.2, -0.15) is 4.98 Å². The van der Waals surface area contributed by atoms with E-state index in [1.54, 1.807) is 24.5 Å². The predicted molar refractivity (Wildman–Crippen MR) is 118 cm³/mol. The minimum absolute atomic E-state index is 0.336. The molecular formula is C20H20FN7OS. The Morgan fingerprint density at radius 1 is 1.17 bits per heavy atom. The largest absolute Gasteiger partial charge is 0.441 e. The van der Waals surface area contributed by atoms with Crippen LogP contribution in [0.5, 0.6) is 0 Å². The van der Waals surface area contributed by atoms with E-state index in [4.69, 9.17) is 4.42 Å². The Kier molecular flexibility index (Phi) is 5.66. The maximum Gasteiger partial charge on any atom is 0.229 e. The summed E-state index contributed by atoms with van der Waals surface area (Å²) in [6.07, 6.45) is 3.15. The van der Waals surface area contributed by atoms with E-state index in [0.717, 1.165) is 16.8 Å². The van der Waals surface area contributed by atoms with Crippen molar-refractivity contribution in [3.05, 3.63) is 59.7 Å². The zero-order valence-electron chi connectivity index (χ0n) is 16.4. The lowest BCUT2D eigenvalue weighted by atomic mass is 10.2. The van der Waals surface area contributed by atoms with Gasteiger partial charge in [0.2, 0.25) is 5.95 Å². The van der Waals surface area contributed by atoms with E-state index in [1.807, 2.05) is 30.3 Å². The van der Waals surface area contributed by atoms with Crippen LogP contribution < -0.4 is 14.9 Å². The molecule has 3 aromatic heterocycles. The maximum atomic E-state index is 13.5. The van der Waals surface area contributed by atoms with Crippen LogP contribution in [0.25, 0.3) is 11.1 Å². The van der Waals surface area contributed by atoms with Gasteiger partial charge in [-0.1, -0.05) is 18.9 Å². The Bertz CT molecular complexity index is 1180.